The van der Waals surface area contributed by atoms with E-state index >= 15 is 0 Å². The minimum atomic E-state index is 1.00. The molecule has 0 aliphatic heterocycles. The van der Waals surface area contributed by atoms with E-state index in [0.29, 0.717) is 0 Å². The number of methoxy groups -OCH3 is 1. The van der Waals surface area contributed by atoms with Gasteiger partial charge in [-0.15, -0.1) is 0 Å². The molecule has 1 aliphatic rings. The Morgan fingerprint density at radius 1 is 1.24 bits per heavy atom. The monoisotopic (exact) mass is 230 g/mol. The van der Waals surface area contributed by atoms with E-state index in [-0.39, 0.29) is 0 Å². The topological polar surface area (TPSA) is 9.23 Å². The van der Waals surface area contributed by atoms with Crippen molar-refractivity contribution in [3.63, 3.8) is 0 Å². The van der Waals surface area contributed by atoms with Crippen molar-refractivity contribution in [1.29, 1.82) is 0 Å². The second kappa shape index (κ2) is 5.39. The Morgan fingerprint density at radius 2 is 1.88 bits per heavy atom. The van der Waals surface area contributed by atoms with Crippen molar-refractivity contribution in [2.75, 3.05) is 7.11 Å². The molecule has 1 nitrogen and oxygen atoms in total. The van der Waals surface area contributed by atoms with Gasteiger partial charge in [-0.2, -0.15) is 0 Å². The predicted octanol–water partition coefficient (Wildman–Crippen LogP) is 4.39. The van der Waals surface area contributed by atoms with E-state index < -0.39 is 0 Å². The lowest BCUT2D eigenvalue weighted by Gasteiger charge is -2.20. The Kier molecular flexibility index (Phi) is 3.88. The molecule has 1 aromatic rings. The summed E-state index contributed by atoms with van der Waals surface area (Å²) in [5.74, 6) is 1.00. The number of benzene rings is 1. The molecule has 17 heavy (non-hydrogen) atoms. The lowest BCUT2D eigenvalue weighted by Crippen LogP contribution is -2.05. The third kappa shape index (κ3) is 2.54. The van der Waals surface area contributed by atoms with E-state index in [9.17, 15) is 0 Å². The van der Waals surface area contributed by atoms with Crippen molar-refractivity contribution in [3.05, 3.63) is 35.4 Å². The Balaban J connectivity index is 2.39. The van der Waals surface area contributed by atoms with Gasteiger partial charge in [0, 0.05) is 5.56 Å². The number of fused-ring (bicyclic) bond motifs is 1. The van der Waals surface area contributed by atoms with E-state index in [4.69, 9.17) is 4.74 Å². The van der Waals surface area contributed by atoms with Gasteiger partial charge in [0.15, 0.2) is 0 Å². The number of ether oxygens (including phenoxy) is 1. The molecule has 0 unspecified atom stereocenters. The van der Waals surface area contributed by atoms with Gasteiger partial charge in [-0.1, -0.05) is 19.9 Å². The van der Waals surface area contributed by atoms with Crippen LogP contribution in [0.25, 0.3) is 5.57 Å². The first-order valence-electron chi connectivity index (χ1n) is 6.64. The maximum Gasteiger partial charge on any atom is 0.126 e. The van der Waals surface area contributed by atoms with Crippen molar-refractivity contribution in [1.82, 2.24) is 0 Å². The minimum Gasteiger partial charge on any atom is -0.496 e. The molecule has 0 bridgehead atoms. The maximum atomic E-state index is 5.52. The van der Waals surface area contributed by atoms with E-state index in [1.807, 2.05) is 0 Å². The van der Waals surface area contributed by atoms with Gasteiger partial charge < -0.3 is 4.74 Å². The molecule has 1 heteroatoms. The fraction of sp³-hybridized carbons (Fsp3) is 0.500. The maximum absolute atomic E-state index is 5.52. The fourth-order valence-electron chi connectivity index (χ4n) is 2.64. The first-order chi connectivity index (χ1) is 8.26. The molecule has 1 aromatic carbocycles. The summed E-state index contributed by atoms with van der Waals surface area (Å²) in [7, 11) is 1.76. The van der Waals surface area contributed by atoms with Crippen LogP contribution < -0.4 is 4.74 Å². The summed E-state index contributed by atoms with van der Waals surface area (Å²) in [6.07, 6.45) is 7.23. The van der Waals surface area contributed by atoms with E-state index in [1.165, 1.54) is 47.9 Å². The lowest BCUT2D eigenvalue weighted by molar-refractivity contribution is 0.412. The van der Waals surface area contributed by atoms with Gasteiger partial charge in [0.2, 0.25) is 0 Å². The SMILES string of the molecule is C=C(CCC)c1cc2c(cc1OC)CCCC2. The van der Waals surface area contributed by atoms with Crippen LogP contribution in [0.2, 0.25) is 0 Å². The van der Waals surface area contributed by atoms with Crippen LogP contribution in [0.15, 0.2) is 18.7 Å². The molecular formula is C16H22O. The molecule has 0 atom stereocenters. The van der Waals surface area contributed by atoms with Crippen molar-refractivity contribution in [3.8, 4) is 5.75 Å². The summed E-state index contributed by atoms with van der Waals surface area (Å²) in [6, 6.07) is 4.54. The van der Waals surface area contributed by atoms with Gasteiger partial charge in [-0.3, -0.25) is 0 Å². The zero-order valence-corrected chi connectivity index (χ0v) is 11.0. The van der Waals surface area contributed by atoms with Crippen LogP contribution in [0.4, 0.5) is 0 Å². The standard InChI is InChI=1S/C16H22O/c1-4-7-12(2)15-10-13-8-5-6-9-14(13)11-16(15)17-3/h10-11H,2,4-9H2,1,3H3. The normalized spacial score (nSPS) is 14.2. The van der Waals surface area contributed by atoms with Crippen LogP contribution in [0.5, 0.6) is 5.75 Å². The minimum absolute atomic E-state index is 1.00. The average Bonchev–Trinajstić information content (AvgIpc) is 2.37. The number of allylic oxidation sites excluding steroid dienone is 1. The van der Waals surface area contributed by atoms with E-state index in [0.717, 1.165) is 18.6 Å². The first kappa shape index (κ1) is 12.2. The highest BCUT2D eigenvalue weighted by molar-refractivity contribution is 5.70. The van der Waals surface area contributed by atoms with Crippen molar-refractivity contribution in [2.24, 2.45) is 0 Å². The summed E-state index contributed by atoms with van der Waals surface area (Å²) in [4.78, 5) is 0. The molecule has 0 spiro atoms. The quantitative estimate of drug-likeness (QED) is 0.745. The molecule has 0 fully saturated rings. The number of hydrogen-bond acceptors (Lipinski definition) is 1. The van der Waals surface area contributed by atoms with Crippen molar-refractivity contribution in [2.45, 2.75) is 45.4 Å². The van der Waals surface area contributed by atoms with Gasteiger partial charge in [0.25, 0.3) is 0 Å². The Hall–Kier alpha value is -1.24. The Morgan fingerprint density at radius 3 is 2.47 bits per heavy atom. The van der Waals surface area contributed by atoms with Gasteiger partial charge in [-0.05, 0) is 60.9 Å². The summed E-state index contributed by atoms with van der Waals surface area (Å²) < 4.78 is 5.52. The second-order valence-corrected chi connectivity index (χ2v) is 4.88. The van der Waals surface area contributed by atoms with Gasteiger partial charge >= 0.3 is 0 Å². The highest BCUT2D eigenvalue weighted by Gasteiger charge is 2.15. The molecule has 0 aromatic heterocycles. The number of hydrogen-bond donors (Lipinski definition) is 0. The largest absolute Gasteiger partial charge is 0.496 e. The molecular weight excluding hydrogens is 208 g/mol. The molecule has 2 rings (SSSR count). The van der Waals surface area contributed by atoms with Crippen LogP contribution in [0.3, 0.4) is 0 Å². The summed E-state index contributed by atoms with van der Waals surface area (Å²) >= 11 is 0. The smallest absolute Gasteiger partial charge is 0.126 e. The number of rotatable bonds is 4. The highest BCUT2D eigenvalue weighted by Crippen LogP contribution is 2.33. The van der Waals surface area contributed by atoms with Crippen molar-refractivity contribution >= 4 is 5.57 Å². The fourth-order valence-corrected chi connectivity index (χ4v) is 2.64. The molecule has 0 saturated carbocycles. The summed E-state index contributed by atoms with van der Waals surface area (Å²) in [6.45, 7) is 6.38. The molecule has 1 aliphatic carbocycles. The zero-order chi connectivity index (χ0) is 12.3. The van der Waals surface area contributed by atoms with Crippen LogP contribution in [0, 0.1) is 0 Å². The predicted molar refractivity (Wildman–Crippen MR) is 73.6 cm³/mol. The van der Waals surface area contributed by atoms with Gasteiger partial charge in [0.05, 0.1) is 7.11 Å². The molecule has 0 radical (unpaired) electrons. The Bertz CT molecular complexity index is 418. The van der Waals surface area contributed by atoms with Crippen LogP contribution in [-0.2, 0) is 12.8 Å². The van der Waals surface area contributed by atoms with Crippen LogP contribution in [-0.4, -0.2) is 7.11 Å². The van der Waals surface area contributed by atoms with Gasteiger partial charge in [-0.25, -0.2) is 0 Å². The van der Waals surface area contributed by atoms with Gasteiger partial charge in [0.1, 0.15) is 5.75 Å². The molecule has 0 saturated heterocycles. The third-order valence-corrected chi connectivity index (χ3v) is 3.60. The van der Waals surface area contributed by atoms with Crippen LogP contribution in [0.1, 0.15) is 49.3 Å². The summed E-state index contributed by atoms with van der Waals surface area (Å²) in [5.41, 5.74) is 5.40. The summed E-state index contributed by atoms with van der Waals surface area (Å²) in [5, 5.41) is 0. The van der Waals surface area contributed by atoms with Crippen molar-refractivity contribution < 1.29 is 4.74 Å². The zero-order valence-electron chi connectivity index (χ0n) is 11.0. The Labute approximate surface area is 104 Å². The molecule has 0 heterocycles. The second-order valence-electron chi connectivity index (χ2n) is 4.88. The molecule has 0 amide bonds. The third-order valence-electron chi connectivity index (χ3n) is 3.60. The highest BCUT2D eigenvalue weighted by atomic mass is 16.5. The lowest BCUT2D eigenvalue weighted by atomic mass is 9.88. The first-order valence-corrected chi connectivity index (χ1v) is 6.64. The average molecular weight is 230 g/mol. The van der Waals surface area contributed by atoms with E-state index in [2.05, 4.69) is 25.6 Å². The van der Waals surface area contributed by atoms with E-state index in [1.54, 1.807) is 7.11 Å². The number of aryl methyl sites for hydroxylation is 2. The molecule has 92 valence electrons. The molecule has 0 N–H and O–H groups in total. The van der Waals surface area contributed by atoms with Crippen LogP contribution >= 0.6 is 0 Å².